The molecule has 1 aromatic heterocycles. The number of aliphatic imine (C=N–C) groups is 1. The normalized spacial score (nSPS) is 12.0. The lowest BCUT2D eigenvalue weighted by molar-refractivity contribution is 0.357. The standard InChI is InChI=1S/C28H28N2O3S/c1-21-9-15-28(16-10-21)34(31,32)30(19-24-7-5-4-6-8-24)20-27-14-13-26(33-27)18-29-25-12-11-22(2)23(3)17-25/h4-18H,19-20H2,1-3H3. The second kappa shape index (κ2) is 10.2. The monoisotopic (exact) mass is 472 g/mol. The molecule has 34 heavy (non-hydrogen) atoms. The first-order valence-electron chi connectivity index (χ1n) is 11.1. The van der Waals surface area contributed by atoms with Crippen LogP contribution >= 0.6 is 0 Å². The molecule has 4 aromatic rings. The number of aryl methyl sites for hydroxylation is 3. The van der Waals surface area contributed by atoms with Crippen LogP contribution in [-0.4, -0.2) is 18.9 Å². The Hall–Kier alpha value is -3.48. The van der Waals surface area contributed by atoms with Gasteiger partial charge in [-0.3, -0.25) is 4.99 Å². The van der Waals surface area contributed by atoms with Gasteiger partial charge in [0.15, 0.2) is 0 Å². The summed E-state index contributed by atoms with van der Waals surface area (Å²) in [5.41, 5.74) is 5.14. The van der Waals surface area contributed by atoms with Crippen LogP contribution in [0.1, 0.15) is 33.8 Å². The molecule has 0 saturated heterocycles. The summed E-state index contributed by atoms with van der Waals surface area (Å²) in [4.78, 5) is 4.75. The summed E-state index contributed by atoms with van der Waals surface area (Å²) in [6.45, 7) is 6.40. The van der Waals surface area contributed by atoms with Crippen LogP contribution in [-0.2, 0) is 23.1 Å². The van der Waals surface area contributed by atoms with Gasteiger partial charge in [-0.15, -0.1) is 0 Å². The molecule has 0 fully saturated rings. The fourth-order valence-corrected chi connectivity index (χ4v) is 4.93. The van der Waals surface area contributed by atoms with Crippen LogP contribution in [0, 0.1) is 20.8 Å². The van der Waals surface area contributed by atoms with Crippen LogP contribution in [0.2, 0.25) is 0 Å². The molecule has 1 heterocycles. The summed E-state index contributed by atoms with van der Waals surface area (Å²) >= 11 is 0. The molecule has 0 aliphatic carbocycles. The molecular formula is C28H28N2O3S. The summed E-state index contributed by atoms with van der Waals surface area (Å²) in [6.07, 6.45) is 1.66. The van der Waals surface area contributed by atoms with Gasteiger partial charge in [-0.05, 0) is 73.9 Å². The minimum Gasteiger partial charge on any atom is -0.459 e. The fraction of sp³-hybridized carbons (Fsp3) is 0.179. The molecule has 0 amide bonds. The molecule has 0 saturated carbocycles. The highest BCUT2D eigenvalue weighted by molar-refractivity contribution is 7.89. The Morgan fingerprint density at radius 3 is 2.26 bits per heavy atom. The van der Waals surface area contributed by atoms with Crippen molar-refractivity contribution in [2.75, 3.05) is 0 Å². The Morgan fingerprint density at radius 2 is 1.56 bits per heavy atom. The largest absolute Gasteiger partial charge is 0.459 e. The van der Waals surface area contributed by atoms with E-state index in [1.807, 2.05) is 67.6 Å². The van der Waals surface area contributed by atoms with Gasteiger partial charge in [-0.1, -0.05) is 54.1 Å². The van der Waals surface area contributed by atoms with E-state index in [-0.39, 0.29) is 18.0 Å². The van der Waals surface area contributed by atoms with Crippen LogP contribution in [0.15, 0.2) is 99.2 Å². The molecule has 0 atom stereocenters. The van der Waals surface area contributed by atoms with Gasteiger partial charge in [0.2, 0.25) is 10.0 Å². The first-order chi connectivity index (χ1) is 16.3. The van der Waals surface area contributed by atoms with Gasteiger partial charge in [-0.2, -0.15) is 4.31 Å². The van der Waals surface area contributed by atoms with Crippen LogP contribution < -0.4 is 0 Å². The Balaban J connectivity index is 1.58. The predicted molar refractivity (Wildman–Crippen MR) is 136 cm³/mol. The molecule has 3 aromatic carbocycles. The van der Waals surface area contributed by atoms with Crippen molar-refractivity contribution in [2.24, 2.45) is 4.99 Å². The summed E-state index contributed by atoms with van der Waals surface area (Å²) in [7, 11) is -3.73. The van der Waals surface area contributed by atoms with Crippen molar-refractivity contribution in [3.8, 4) is 0 Å². The van der Waals surface area contributed by atoms with Crippen LogP contribution in [0.5, 0.6) is 0 Å². The van der Waals surface area contributed by atoms with Crippen molar-refractivity contribution in [3.63, 3.8) is 0 Å². The van der Waals surface area contributed by atoms with Crippen molar-refractivity contribution < 1.29 is 12.8 Å². The Kier molecular flexibility index (Phi) is 7.10. The number of rotatable bonds is 8. The van der Waals surface area contributed by atoms with E-state index in [0.717, 1.165) is 16.8 Å². The zero-order valence-electron chi connectivity index (χ0n) is 19.6. The summed E-state index contributed by atoms with van der Waals surface area (Å²) in [6, 6.07) is 26.1. The summed E-state index contributed by atoms with van der Waals surface area (Å²) in [5.74, 6) is 1.12. The van der Waals surface area contributed by atoms with E-state index in [4.69, 9.17) is 4.42 Å². The van der Waals surface area contributed by atoms with Crippen LogP contribution in [0.3, 0.4) is 0 Å². The average Bonchev–Trinajstić information content (AvgIpc) is 3.28. The summed E-state index contributed by atoms with van der Waals surface area (Å²) in [5, 5.41) is 0. The second-order valence-electron chi connectivity index (χ2n) is 8.40. The van der Waals surface area contributed by atoms with Gasteiger partial charge < -0.3 is 4.42 Å². The molecule has 0 bridgehead atoms. The minimum atomic E-state index is -3.73. The lowest BCUT2D eigenvalue weighted by atomic mass is 10.1. The Labute approximate surface area is 201 Å². The zero-order valence-corrected chi connectivity index (χ0v) is 20.4. The van der Waals surface area contributed by atoms with Crippen molar-refractivity contribution in [1.29, 1.82) is 0 Å². The van der Waals surface area contributed by atoms with Gasteiger partial charge in [0.1, 0.15) is 11.5 Å². The molecule has 0 aliphatic heterocycles. The third-order valence-electron chi connectivity index (χ3n) is 5.71. The van der Waals surface area contributed by atoms with E-state index in [9.17, 15) is 8.42 Å². The van der Waals surface area contributed by atoms with Gasteiger partial charge >= 0.3 is 0 Å². The molecule has 0 N–H and O–H groups in total. The lowest BCUT2D eigenvalue weighted by Crippen LogP contribution is -2.30. The van der Waals surface area contributed by atoms with Crippen molar-refractivity contribution in [1.82, 2.24) is 4.31 Å². The zero-order chi connectivity index (χ0) is 24.1. The van der Waals surface area contributed by atoms with Crippen molar-refractivity contribution in [3.05, 3.63) is 119 Å². The third-order valence-corrected chi connectivity index (χ3v) is 7.51. The first kappa shape index (κ1) is 23.7. The molecule has 6 heteroatoms. The maximum atomic E-state index is 13.5. The maximum absolute atomic E-state index is 13.5. The quantitative estimate of drug-likeness (QED) is 0.281. The van der Waals surface area contributed by atoms with E-state index >= 15 is 0 Å². The molecule has 0 radical (unpaired) electrons. The van der Waals surface area contributed by atoms with Crippen molar-refractivity contribution >= 4 is 21.9 Å². The highest BCUT2D eigenvalue weighted by Crippen LogP contribution is 2.23. The number of benzene rings is 3. The molecule has 0 aliphatic rings. The predicted octanol–water partition coefficient (Wildman–Crippen LogP) is 6.35. The van der Waals surface area contributed by atoms with Gasteiger partial charge in [0.25, 0.3) is 0 Å². The number of sulfonamides is 1. The number of nitrogens with zero attached hydrogens (tertiary/aromatic N) is 2. The van der Waals surface area contributed by atoms with Gasteiger partial charge in [0, 0.05) is 6.54 Å². The number of hydrogen-bond donors (Lipinski definition) is 0. The molecule has 5 nitrogen and oxygen atoms in total. The fourth-order valence-electron chi connectivity index (χ4n) is 3.54. The van der Waals surface area contributed by atoms with E-state index in [0.29, 0.717) is 11.5 Å². The highest BCUT2D eigenvalue weighted by Gasteiger charge is 2.26. The Bertz CT molecular complexity index is 1390. The molecule has 4 rings (SSSR count). The van der Waals surface area contributed by atoms with E-state index in [1.165, 1.54) is 15.4 Å². The Morgan fingerprint density at radius 1 is 0.824 bits per heavy atom. The molecule has 0 spiro atoms. The van der Waals surface area contributed by atoms with E-state index in [2.05, 4.69) is 18.8 Å². The van der Waals surface area contributed by atoms with Gasteiger partial charge in [0.05, 0.1) is 23.3 Å². The molecule has 0 unspecified atom stereocenters. The van der Waals surface area contributed by atoms with Crippen LogP contribution in [0.4, 0.5) is 5.69 Å². The molecular weight excluding hydrogens is 444 g/mol. The first-order valence-corrected chi connectivity index (χ1v) is 12.6. The lowest BCUT2D eigenvalue weighted by Gasteiger charge is -2.21. The maximum Gasteiger partial charge on any atom is 0.243 e. The highest BCUT2D eigenvalue weighted by atomic mass is 32.2. The topological polar surface area (TPSA) is 62.9 Å². The van der Waals surface area contributed by atoms with Gasteiger partial charge in [-0.25, -0.2) is 8.42 Å². The summed E-state index contributed by atoms with van der Waals surface area (Å²) < 4.78 is 34.3. The molecule has 174 valence electrons. The third kappa shape index (κ3) is 5.71. The average molecular weight is 473 g/mol. The SMILES string of the molecule is Cc1ccc(S(=O)(=O)N(Cc2ccccc2)Cc2ccc(C=Nc3ccc(C)c(C)c3)o2)cc1. The number of hydrogen-bond acceptors (Lipinski definition) is 4. The smallest absolute Gasteiger partial charge is 0.243 e. The number of furan rings is 1. The van der Waals surface area contributed by atoms with Crippen LogP contribution in [0.25, 0.3) is 0 Å². The van der Waals surface area contributed by atoms with E-state index < -0.39 is 10.0 Å². The van der Waals surface area contributed by atoms with Crippen molar-refractivity contribution in [2.45, 2.75) is 38.8 Å². The minimum absolute atomic E-state index is 0.114. The second-order valence-corrected chi connectivity index (χ2v) is 10.3. The van der Waals surface area contributed by atoms with E-state index in [1.54, 1.807) is 30.5 Å².